The van der Waals surface area contributed by atoms with E-state index in [9.17, 15) is 5.11 Å². The molecule has 0 aliphatic carbocycles. The molecule has 9 nitrogen and oxygen atoms in total. The number of H-pyrrole nitrogens is 1. The first-order valence-corrected chi connectivity index (χ1v) is 10.0. The molecule has 0 saturated carbocycles. The van der Waals surface area contributed by atoms with Gasteiger partial charge in [0.05, 0.1) is 39.8 Å². The highest BCUT2D eigenvalue weighted by Crippen LogP contribution is 2.43. The van der Waals surface area contributed by atoms with Crippen LogP contribution in [0.5, 0.6) is 28.7 Å². The summed E-state index contributed by atoms with van der Waals surface area (Å²) in [6.07, 6.45) is 0. The average molecular weight is 448 g/mol. The van der Waals surface area contributed by atoms with Crippen molar-refractivity contribution in [2.45, 2.75) is 0 Å². The monoisotopic (exact) mass is 448 g/mol. The number of phenolic OH excluding ortho intramolecular Hbond substituents is 1. The zero-order chi connectivity index (χ0) is 23.4. The van der Waals surface area contributed by atoms with Crippen LogP contribution in [0.1, 0.15) is 0 Å². The van der Waals surface area contributed by atoms with Gasteiger partial charge in [0, 0.05) is 11.1 Å². The number of benzene rings is 3. The van der Waals surface area contributed by atoms with Gasteiger partial charge in [0.2, 0.25) is 5.75 Å². The lowest BCUT2D eigenvalue weighted by molar-refractivity contribution is 0.324. The second kappa shape index (κ2) is 9.39. The number of aromatic hydroxyl groups is 1. The van der Waals surface area contributed by atoms with Crippen LogP contribution in [0, 0.1) is 0 Å². The number of nitrogens with zero attached hydrogens (tertiary/aromatic N) is 2. The Morgan fingerprint density at radius 3 is 1.94 bits per heavy atom. The third-order valence-electron chi connectivity index (χ3n) is 5.13. The maximum absolute atomic E-state index is 10.2. The van der Waals surface area contributed by atoms with Gasteiger partial charge >= 0.3 is 0 Å². The van der Waals surface area contributed by atoms with E-state index in [0.29, 0.717) is 45.8 Å². The van der Waals surface area contributed by atoms with E-state index in [1.165, 1.54) is 0 Å². The van der Waals surface area contributed by atoms with Crippen molar-refractivity contribution in [2.24, 2.45) is 0 Å². The molecule has 0 aliphatic heterocycles. The Morgan fingerprint density at radius 1 is 0.697 bits per heavy atom. The predicted molar refractivity (Wildman–Crippen MR) is 125 cm³/mol. The molecule has 0 spiro atoms. The van der Waals surface area contributed by atoms with Gasteiger partial charge in [-0.15, -0.1) is 0 Å². The first kappa shape index (κ1) is 21.8. The van der Waals surface area contributed by atoms with Gasteiger partial charge in [-0.3, -0.25) is 0 Å². The number of hydrogen-bond donors (Lipinski definition) is 3. The zero-order valence-electron chi connectivity index (χ0n) is 18.7. The molecule has 0 unspecified atom stereocenters. The van der Waals surface area contributed by atoms with Gasteiger partial charge in [0.15, 0.2) is 11.5 Å². The predicted octanol–water partition coefficient (Wildman–Crippen LogP) is 4.62. The molecule has 0 atom stereocenters. The van der Waals surface area contributed by atoms with Crippen molar-refractivity contribution in [1.82, 2.24) is 15.4 Å². The van der Waals surface area contributed by atoms with Gasteiger partial charge in [-0.1, -0.05) is 12.1 Å². The second-order valence-electron chi connectivity index (χ2n) is 6.99. The number of phenols is 1. The van der Waals surface area contributed by atoms with Gasteiger partial charge in [0.25, 0.3) is 0 Å². The molecule has 0 bridgehead atoms. The minimum Gasteiger partial charge on any atom is -0.506 e. The number of methoxy groups -OCH3 is 4. The Hall–Kier alpha value is -4.40. The van der Waals surface area contributed by atoms with Gasteiger partial charge in [-0.25, -0.2) is 0 Å². The quantitative estimate of drug-likeness (QED) is 0.335. The highest BCUT2D eigenvalue weighted by molar-refractivity contribution is 5.83. The van der Waals surface area contributed by atoms with Gasteiger partial charge in [-0.2, -0.15) is 15.4 Å². The minimum absolute atomic E-state index is 0.129. The fraction of sp³-hybridized carbons (Fsp3) is 0.167. The molecule has 1 aromatic heterocycles. The number of hydrogen-bond acceptors (Lipinski definition) is 8. The first-order chi connectivity index (χ1) is 16.1. The molecule has 4 aromatic rings. The molecule has 0 fully saturated rings. The average Bonchev–Trinajstić information content (AvgIpc) is 3.34. The van der Waals surface area contributed by atoms with Crippen molar-refractivity contribution in [2.75, 3.05) is 33.8 Å². The number of para-hydroxylation sites is 2. The van der Waals surface area contributed by atoms with Crippen molar-refractivity contribution >= 4 is 11.4 Å². The maximum atomic E-state index is 10.2. The molecule has 170 valence electrons. The minimum atomic E-state index is 0.129. The fourth-order valence-corrected chi connectivity index (χ4v) is 3.53. The van der Waals surface area contributed by atoms with Gasteiger partial charge in [-0.05, 0) is 42.5 Å². The van der Waals surface area contributed by atoms with Crippen molar-refractivity contribution in [3.63, 3.8) is 0 Å². The number of ether oxygens (including phenoxy) is 4. The summed E-state index contributed by atoms with van der Waals surface area (Å²) in [6, 6.07) is 16.2. The Kier molecular flexibility index (Phi) is 6.21. The molecule has 0 radical (unpaired) electrons. The number of aromatic amines is 1. The normalized spacial score (nSPS) is 10.5. The molecule has 0 amide bonds. The van der Waals surface area contributed by atoms with E-state index < -0.39 is 0 Å². The van der Waals surface area contributed by atoms with Crippen LogP contribution in [-0.4, -0.2) is 49.0 Å². The lowest BCUT2D eigenvalue weighted by Crippen LogP contribution is -1.97. The van der Waals surface area contributed by atoms with Crippen molar-refractivity contribution in [1.29, 1.82) is 0 Å². The van der Waals surface area contributed by atoms with Crippen LogP contribution in [0.15, 0.2) is 54.6 Å². The van der Waals surface area contributed by atoms with Crippen LogP contribution in [0.25, 0.3) is 22.5 Å². The highest BCUT2D eigenvalue weighted by atomic mass is 16.5. The fourth-order valence-electron chi connectivity index (χ4n) is 3.53. The van der Waals surface area contributed by atoms with Crippen molar-refractivity contribution < 1.29 is 24.1 Å². The Balaban J connectivity index is 1.79. The molecule has 9 heteroatoms. The summed E-state index contributed by atoms with van der Waals surface area (Å²) >= 11 is 0. The SMILES string of the molecule is COc1ccc(-c2n[nH]nc2-c2cc(OC)c(OC)c(OC)c2)cc1Nc1ccccc1O. The van der Waals surface area contributed by atoms with E-state index in [1.54, 1.807) is 46.6 Å². The van der Waals surface area contributed by atoms with Crippen LogP contribution in [0.2, 0.25) is 0 Å². The van der Waals surface area contributed by atoms with E-state index in [4.69, 9.17) is 18.9 Å². The van der Waals surface area contributed by atoms with E-state index >= 15 is 0 Å². The summed E-state index contributed by atoms with van der Waals surface area (Å²) in [7, 11) is 6.26. The zero-order valence-corrected chi connectivity index (χ0v) is 18.7. The summed E-state index contributed by atoms with van der Waals surface area (Å²) in [4.78, 5) is 0. The lowest BCUT2D eigenvalue weighted by Gasteiger charge is -2.15. The van der Waals surface area contributed by atoms with Crippen molar-refractivity contribution in [3.8, 4) is 51.3 Å². The van der Waals surface area contributed by atoms with Crippen LogP contribution in [0.3, 0.4) is 0 Å². The molecule has 33 heavy (non-hydrogen) atoms. The van der Waals surface area contributed by atoms with E-state index in [-0.39, 0.29) is 5.75 Å². The van der Waals surface area contributed by atoms with E-state index in [0.717, 1.165) is 11.1 Å². The molecule has 3 aromatic carbocycles. The molecule has 1 heterocycles. The molecule has 4 rings (SSSR count). The summed E-state index contributed by atoms with van der Waals surface area (Å²) in [5.41, 5.74) is 3.96. The summed E-state index contributed by atoms with van der Waals surface area (Å²) < 4.78 is 21.9. The number of rotatable bonds is 8. The standard InChI is InChI=1S/C24H24N4O5/c1-30-19-10-9-14(11-17(19)25-16-7-5-6-8-18(16)29)22-23(27-28-26-22)15-12-20(31-2)24(33-4)21(13-15)32-3/h5-13,25,29H,1-4H3,(H,26,27,28). The van der Waals surface area contributed by atoms with Crippen LogP contribution < -0.4 is 24.3 Å². The van der Waals surface area contributed by atoms with Gasteiger partial charge < -0.3 is 29.4 Å². The highest BCUT2D eigenvalue weighted by Gasteiger charge is 2.20. The number of aromatic nitrogens is 3. The lowest BCUT2D eigenvalue weighted by atomic mass is 10.0. The molecular weight excluding hydrogens is 424 g/mol. The molecular formula is C24H24N4O5. The smallest absolute Gasteiger partial charge is 0.203 e. The molecule has 0 aliphatic rings. The molecule has 3 N–H and O–H groups in total. The Bertz CT molecular complexity index is 1250. The van der Waals surface area contributed by atoms with E-state index in [1.807, 2.05) is 36.4 Å². The van der Waals surface area contributed by atoms with Crippen LogP contribution >= 0.6 is 0 Å². The van der Waals surface area contributed by atoms with Crippen LogP contribution in [0.4, 0.5) is 11.4 Å². The van der Waals surface area contributed by atoms with Crippen molar-refractivity contribution in [3.05, 3.63) is 54.6 Å². The largest absolute Gasteiger partial charge is 0.506 e. The number of nitrogens with one attached hydrogen (secondary N) is 2. The summed E-state index contributed by atoms with van der Waals surface area (Å²) in [5, 5.41) is 24.8. The van der Waals surface area contributed by atoms with E-state index in [2.05, 4.69) is 20.7 Å². The Morgan fingerprint density at radius 2 is 1.33 bits per heavy atom. The number of anilines is 2. The third kappa shape index (κ3) is 4.20. The third-order valence-corrected chi connectivity index (χ3v) is 5.13. The first-order valence-electron chi connectivity index (χ1n) is 10.0. The maximum Gasteiger partial charge on any atom is 0.203 e. The summed E-state index contributed by atoms with van der Waals surface area (Å²) in [5.74, 6) is 2.26. The second-order valence-corrected chi connectivity index (χ2v) is 6.99. The molecule has 0 saturated heterocycles. The topological polar surface area (TPSA) is 111 Å². The summed E-state index contributed by atoms with van der Waals surface area (Å²) in [6.45, 7) is 0. The Labute approximate surface area is 190 Å². The van der Waals surface area contributed by atoms with Gasteiger partial charge in [0.1, 0.15) is 22.9 Å². The van der Waals surface area contributed by atoms with Crippen LogP contribution in [-0.2, 0) is 0 Å².